The molecule has 0 amide bonds. The van der Waals surface area contributed by atoms with E-state index in [0.29, 0.717) is 25.1 Å². The molecule has 2 rings (SSSR count). The number of ketones is 1. The van der Waals surface area contributed by atoms with E-state index in [1.165, 1.54) is 0 Å². The minimum Gasteiger partial charge on any atom is -0.464 e. The molecule has 0 spiro atoms. The smallest absolute Gasteiger partial charge is 0.328 e. The first-order valence-corrected chi connectivity index (χ1v) is 6.20. The Morgan fingerprint density at radius 3 is 2.89 bits per heavy atom. The highest BCUT2D eigenvalue weighted by Crippen LogP contribution is 2.28. The van der Waals surface area contributed by atoms with E-state index in [9.17, 15) is 9.59 Å². The number of fused-ring (bicyclic) bond motifs is 1. The molecule has 1 aromatic rings. The Balaban J connectivity index is 2.28. The Kier molecular flexibility index (Phi) is 3.65. The minimum atomic E-state index is -0.362. The van der Waals surface area contributed by atoms with Gasteiger partial charge in [0.05, 0.1) is 6.61 Å². The number of carbonyl (C=O) groups excluding carboxylic acids is 2. The zero-order valence-electron chi connectivity index (χ0n) is 10.7. The van der Waals surface area contributed by atoms with Crippen molar-refractivity contribution in [2.45, 2.75) is 26.3 Å². The van der Waals surface area contributed by atoms with Crippen LogP contribution in [0.15, 0.2) is 24.3 Å². The highest BCUT2D eigenvalue weighted by atomic mass is 16.5. The topological polar surface area (TPSA) is 46.6 Å². The molecule has 1 aromatic carbocycles. The fourth-order valence-electron chi connectivity index (χ4n) is 2.23. The third-order valence-electron chi connectivity index (χ3n) is 3.19. The number of hydrogen-bond acceptors (Lipinski definition) is 4. The largest absolute Gasteiger partial charge is 0.464 e. The van der Waals surface area contributed by atoms with Crippen molar-refractivity contribution in [3.8, 4) is 0 Å². The van der Waals surface area contributed by atoms with E-state index in [1.807, 2.05) is 36.1 Å². The van der Waals surface area contributed by atoms with Crippen molar-refractivity contribution in [3.63, 3.8) is 0 Å². The van der Waals surface area contributed by atoms with Crippen molar-refractivity contribution in [1.82, 2.24) is 0 Å². The van der Waals surface area contributed by atoms with Crippen molar-refractivity contribution in [2.24, 2.45) is 0 Å². The molecule has 1 atom stereocenters. The first-order valence-electron chi connectivity index (χ1n) is 6.20. The summed E-state index contributed by atoms with van der Waals surface area (Å²) in [6.07, 6.45) is 0.445. The van der Waals surface area contributed by atoms with E-state index in [1.54, 1.807) is 6.92 Å². The van der Waals surface area contributed by atoms with Gasteiger partial charge in [0.2, 0.25) is 0 Å². The first kappa shape index (κ1) is 12.6. The van der Waals surface area contributed by atoms with Gasteiger partial charge >= 0.3 is 5.97 Å². The summed E-state index contributed by atoms with van der Waals surface area (Å²) in [7, 11) is 0. The molecule has 4 nitrogen and oxygen atoms in total. The first-order chi connectivity index (χ1) is 8.65. The van der Waals surface area contributed by atoms with Crippen LogP contribution in [0.5, 0.6) is 0 Å². The number of ether oxygens (including phenoxy) is 1. The molecular formula is C14H17NO3. The maximum absolute atomic E-state index is 11.8. The van der Waals surface area contributed by atoms with Gasteiger partial charge in [0.25, 0.3) is 0 Å². The van der Waals surface area contributed by atoms with Gasteiger partial charge in [-0.1, -0.05) is 12.1 Å². The summed E-state index contributed by atoms with van der Waals surface area (Å²) in [6.45, 7) is 4.54. The quantitative estimate of drug-likeness (QED) is 0.767. The minimum absolute atomic E-state index is 0.137. The van der Waals surface area contributed by atoms with E-state index in [0.717, 1.165) is 5.69 Å². The monoisotopic (exact) mass is 247 g/mol. The third-order valence-corrected chi connectivity index (χ3v) is 3.19. The molecule has 0 saturated heterocycles. The normalized spacial score (nSPS) is 16.1. The van der Waals surface area contributed by atoms with Gasteiger partial charge in [0.1, 0.15) is 6.04 Å². The summed E-state index contributed by atoms with van der Waals surface area (Å²) in [5, 5.41) is 0. The van der Waals surface area contributed by atoms with Crippen LogP contribution in [0.4, 0.5) is 5.69 Å². The van der Waals surface area contributed by atoms with Gasteiger partial charge < -0.3 is 9.64 Å². The van der Waals surface area contributed by atoms with Crippen LogP contribution in [0, 0.1) is 0 Å². The SMILES string of the molecule is CCOC(=O)C(C)N1CCC(=O)c2ccccc21. The lowest BCUT2D eigenvalue weighted by Crippen LogP contribution is -2.44. The number of nitrogens with zero attached hydrogens (tertiary/aromatic N) is 1. The van der Waals surface area contributed by atoms with Crippen LogP contribution in [-0.4, -0.2) is 30.9 Å². The maximum atomic E-state index is 11.8. The summed E-state index contributed by atoms with van der Waals surface area (Å²) in [4.78, 5) is 25.5. The van der Waals surface area contributed by atoms with Crippen LogP contribution in [0.1, 0.15) is 30.6 Å². The number of para-hydroxylation sites is 1. The predicted molar refractivity (Wildman–Crippen MR) is 68.8 cm³/mol. The molecule has 0 aromatic heterocycles. The summed E-state index contributed by atoms with van der Waals surface area (Å²) in [5.41, 5.74) is 1.52. The Morgan fingerprint density at radius 1 is 1.44 bits per heavy atom. The average molecular weight is 247 g/mol. The van der Waals surface area contributed by atoms with Crippen LogP contribution < -0.4 is 4.90 Å². The number of anilines is 1. The van der Waals surface area contributed by atoms with E-state index in [4.69, 9.17) is 4.74 Å². The Bertz CT molecular complexity index is 470. The summed E-state index contributed by atoms with van der Waals surface area (Å²) in [5.74, 6) is -0.112. The van der Waals surface area contributed by atoms with Crippen molar-refractivity contribution in [1.29, 1.82) is 0 Å². The number of hydrogen-bond donors (Lipinski definition) is 0. The average Bonchev–Trinajstić information content (AvgIpc) is 2.39. The molecule has 0 aliphatic carbocycles. The number of Topliss-reactive ketones (excluding diaryl/α,β-unsaturated/α-hetero) is 1. The lowest BCUT2D eigenvalue weighted by Gasteiger charge is -2.34. The second-order valence-electron chi connectivity index (χ2n) is 4.31. The van der Waals surface area contributed by atoms with Crippen LogP contribution in [0.25, 0.3) is 0 Å². The molecule has 1 heterocycles. The Labute approximate surface area is 107 Å². The zero-order chi connectivity index (χ0) is 13.1. The van der Waals surface area contributed by atoms with E-state index in [-0.39, 0.29) is 17.8 Å². The molecular weight excluding hydrogens is 230 g/mol. The van der Waals surface area contributed by atoms with Gasteiger partial charge in [0.15, 0.2) is 5.78 Å². The molecule has 0 N–H and O–H groups in total. The summed E-state index contributed by atoms with van der Waals surface area (Å²) < 4.78 is 5.03. The lowest BCUT2D eigenvalue weighted by atomic mass is 9.99. The van der Waals surface area contributed by atoms with Crippen LogP contribution in [0.3, 0.4) is 0 Å². The highest BCUT2D eigenvalue weighted by molar-refractivity contribution is 6.04. The number of carbonyl (C=O) groups is 2. The van der Waals surface area contributed by atoms with Crippen molar-refractivity contribution in [3.05, 3.63) is 29.8 Å². The molecule has 0 fully saturated rings. The summed E-state index contributed by atoms with van der Waals surface area (Å²) >= 11 is 0. The molecule has 1 unspecified atom stereocenters. The van der Waals surface area contributed by atoms with E-state index >= 15 is 0 Å². The van der Waals surface area contributed by atoms with Gasteiger partial charge in [0, 0.05) is 24.2 Å². The molecule has 96 valence electrons. The second kappa shape index (κ2) is 5.21. The molecule has 0 bridgehead atoms. The van der Waals surface area contributed by atoms with Gasteiger partial charge in [-0.2, -0.15) is 0 Å². The Hall–Kier alpha value is -1.84. The van der Waals surface area contributed by atoms with Crippen molar-refractivity contribution in [2.75, 3.05) is 18.1 Å². The molecule has 18 heavy (non-hydrogen) atoms. The molecule has 0 radical (unpaired) electrons. The third kappa shape index (κ3) is 2.23. The van der Waals surface area contributed by atoms with Crippen LogP contribution in [0.2, 0.25) is 0 Å². The van der Waals surface area contributed by atoms with Gasteiger partial charge in [-0.05, 0) is 26.0 Å². The standard InChI is InChI=1S/C14H17NO3/c1-3-18-14(17)10(2)15-9-8-13(16)11-6-4-5-7-12(11)15/h4-7,10H,3,8-9H2,1-2H3. The van der Waals surface area contributed by atoms with E-state index in [2.05, 4.69) is 0 Å². The number of esters is 1. The fraction of sp³-hybridized carbons (Fsp3) is 0.429. The number of rotatable bonds is 3. The van der Waals surface area contributed by atoms with Crippen molar-refractivity contribution < 1.29 is 14.3 Å². The maximum Gasteiger partial charge on any atom is 0.328 e. The fourth-order valence-corrected chi connectivity index (χ4v) is 2.23. The molecule has 1 aliphatic heterocycles. The Morgan fingerprint density at radius 2 is 2.17 bits per heavy atom. The highest BCUT2D eigenvalue weighted by Gasteiger charge is 2.29. The summed E-state index contributed by atoms with van der Waals surface area (Å²) in [6, 6.07) is 7.04. The van der Waals surface area contributed by atoms with E-state index < -0.39 is 0 Å². The zero-order valence-corrected chi connectivity index (χ0v) is 10.7. The molecule has 4 heteroatoms. The van der Waals surface area contributed by atoms with Crippen LogP contribution in [-0.2, 0) is 9.53 Å². The number of benzene rings is 1. The molecule has 0 saturated carbocycles. The lowest BCUT2D eigenvalue weighted by molar-refractivity contribution is -0.144. The van der Waals surface area contributed by atoms with Crippen LogP contribution >= 0.6 is 0 Å². The molecule has 1 aliphatic rings. The second-order valence-corrected chi connectivity index (χ2v) is 4.31. The predicted octanol–water partition coefficient (Wildman–Crippen LogP) is 2.03. The van der Waals surface area contributed by atoms with Gasteiger partial charge in [-0.25, -0.2) is 4.79 Å². The van der Waals surface area contributed by atoms with Gasteiger partial charge in [-0.15, -0.1) is 0 Å². The van der Waals surface area contributed by atoms with Gasteiger partial charge in [-0.3, -0.25) is 4.79 Å². The van der Waals surface area contributed by atoms with Crippen molar-refractivity contribution >= 4 is 17.4 Å².